The first-order valence-corrected chi connectivity index (χ1v) is 8.05. The molecule has 2 aliphatic rings. The summed E-state index contributed by atoms with van der Waals surface area (Å²) in [5.41, 5.74) is 6.08. The monoisotopic (exact) mass is 244 g/mol. The van der Waals surface area contributed by atoms with Gasteiger partial charge in [0.1, 0.15) is 0 Å². The van der Waals surface area contributed by atoms with Gasteiger partial charge in [-0.25, -0.2) is 0 Å². The first kappa shape index (κ1) is 12.5. The molecule has 0 saturated carbocycles. The van der Waals surface area contributed by atoms with Crippen LogP contribution < -0.4 is 5.73 Å². The van der Waals surface area contributed by atoms with E-state index < -0.39 is 10.8 Å². The molecule has 2 fully saturated rings. The molecule has 3 nitrogen and oxygen atoms in total. The highest BCUT2D eigenvalue weighted by Gasteiger charge is 2.36. The van der Waals surface area contributed by atoms with Gasteiger partial charge in [-0.3, -0.25) is 9.11 Å². The van der Waals surface area contributed by atoms with Gasteiger partial charge in [-0.15, -0.1) is 0 Å². The minimum atomic E-state index is -0.618. The van der Waals surface area contributed by atoms with E-state index in [0.29, 0.717) is 18.1 Å². The van der Waals surface area contributed by atoms with Gasteiger partial charge >= 0.3 is 0 Å². The Bertz CT molecular complexity index is 245. The molecule has 16 heavy (non-hydrogen) atoms. The lowest BCUT2D eigenvalue weighted by atomic mass is 9.82. The molecular formula is C12H24N2OS. The zero-order valence-corrected chi connectivity index (χ0v) is 11.0. The number of hydrogen-bond donors (Lipinski definition) is 1. The molecule has 0 aromatic rings. The van der Waals surface area contributed by atoms with Gasteiger partial charge in [0.25, 0.3) is 0 Å². The van der Waals surface area contributed by atoms with E-state index >= 15 is 0 Å². The van der Waals surface area contributed by atoms with E-state index in [1.165, 1.54) is 19.3 Å². The maximum Gasteiger partial charge on any atom is 0.0362 e. The molecule has 0 aromatic heterocycles. The molecular weight excluding hydrogens is 220 g/mol. The fourth-order valence-corrected chi connectivity index (χ4v) is 3.94. The Balaban J connectivity index is 1.90. The third kappa shape index (κ3) is 2.84. The Morgan fingerprint density at radius 3 is 2.50 bits per heavy atom. The normalized spacial score (nSPS) is 37.2. The third-order valence-corrected chi connectivity index (χ3v) is 5.34. The molecule has 94 valence electrons. The Hall–Kier alpha value is 0.0700. The smallest absolute Gasteiger partial charge is 0.0362 e. The van der Waals surface area contributed by atoms with Crippen molar-refractivity contribution in [2.24, 2.45) is 5.73 Å². The molecule has 2 aliphatic heterocycles. The fraction of sp³-hybridized carbons (Fsp3) is 1.00. The largest absolute Gasteiger partial charge is 0.328 e. The van der Waals surface area contributed by atoms with Crippen LogP contribution in [0.1, 0.15) is 39.0 Å². The van der Waals surface area contributed by atoms with Gasteiger partial charge in [0.05, 0.1) is 0 Å². The van der Waals surface area contributed by atoms with E-state index in [4.69, 9.17) is 5.73 Å². The van der Waals surface area contributed by atoms with Crippen molar-refractivity contribution in [2.45, 2.75) is 57.2 Å². The first-order chi connectivity index (χ1) is 7.70. The second-order valence-corrected chi connectivity index (χ2v) is 7.01. The van der Waals surface area contributed by atoms with Crippen LogP contribution in [0.2, 0.25) is 0 Å². The maximum absolute atomic E-state index is 11.5. The molecule has 0 spiro atoms. The van der Waals surface area contributed by atoms with Crippen molar-refractivity contribution in [3.63, 3.8) is 0 Å². The SMILES string of the molecule is CCS(=O)CCN1C2CCCC1CC(N)C2. The van der Waals surface area contributed by atoms with Crippen molar-refractivity contribution in [3.8, 4) is 0 Å². The molecule has 0 aliphatic carbocycles. The minimum absolute atomic E-state index is 0.406. The van der Waals surface area contributed by atoms with Crippen LogP contribution in [0, 0.1) is 0 Å². The standard InChI is InChI=1S/C12H24N2OS/c1-2-16(15)7-6-14-11-4-3-5-12(14)9-10(13)8-11/h10-12H,2-9,13H2,1H3. The number of piperidine rings is 2. The molecule has 2 N–H and O–H groups in total. The fourth-order valence-electron chi connectivity index (χ4n) is 3.24. The number of nitrogens with two attached hydrogens (primary N) is 1. The molecule has 4 heteroatoms. The zero-order chi connectivity index (χ0) is 11.5. The number of rotatable bonds is 4. The van der Waals surface area contributed by atoms with Crippen LogP contribution in [0.15, 0.2) is 0 Å². The Morgan fingerprint density at radius 2 is 1.94 bits per heavy atom. The first-order valence-electron chi connectivity index (χ1n) is 6.57. The summed E-state index contributed by atoms with van der Waals surface area (Å²) in [6.45, 7) is 3.02. The average molecular weight is 244 g/mol. The summed E-state index contributed by atoms with van der Waals surface area (Å²) in [5, 5.41) is 0. The highest BCUT2D eigenvalue weighted by molar-refractivity contribution is 7.84. The van der Waals surface area contributed by atoms with E-state index in [1.54, 1.807) is 0 Å². The number of fused-ring (bicyclic) bond motifs is 2. The Morgan fingerprint density at radius 1 is 1.31 bits per heavy atom. The molecule has 0 aromatic carbocycles. The van der Waals surface area contributed by atoms with Crippen molar-refractivity contribution in [1.29, 1.82) is 0 Å². The van der Waals surface area contributed by atoms with Crippen LogP contribution in [-0.4, -0.2) is 45.3 Å². The van der Waals surface area contributed by atoms with Crippen molar-refractivity contribution < 1.29 is 4.21 Å². The predicted octanol–water partition coefficient (Wildman–Crippen LogP) is 1.10. The average Bonchev–Trinajstić information content (AvgIpc) is 2.25. The van der Waals surface area contributed by atoms with Crippen LogP contribution in [0.3, 0.4) is 0 Å². The highest BCUT2D eigenvalue weighted by Crippen LogP contribution is 2.32. The summed E-state index contributed by atoms with van der Waals surface area (Å²) >= 11 is 0. The van der Waals surface area contributed by atoms with E-state index in [0.717, 1.165) is 30.9 Å². The summed E-state index contributed by atoms with van der Waals surface area (Å²) in [7, 11) is -0.618. The number of hydrogen-bond acceptors (Lipinski definition) is 3. The Kier molecular flexibility index (Phi) is 4.39. The van der Waals surface area contributed by atoms with Gasteiger partial charge in [0, 0.05) is 47.0 Å². The molecule has 2 bridgehead atoms. The van der Waals surface area contributed by atoms with Gasteiger partial charge < -0.3 is 5.73 Å². The van der Waals surface area contributed by atoms with Gasteiger partial charge in [-0.2, -0.15) is 0 Å². The van der Waals surface area contributed by atoms with Crippen LogP contribution in [-0.2, 0) is 10.8 Å². The zero-order valence-electron chi connectivity index (χ0n) is 10.2. The van der Waals surface area contributed by atoms with Crippen molar-refractivity contribution >= 4 is 10.8 Å². The summed E-state index contributed by atoms with van der Waals surface area (Å²) in [4.78, 5) is 2.60. The number of nitrogens with zero attached hydrogens (tertiary/aromatic N) is 1. The molecule has 0 amide bonds. The van der Waals surface area contributed by atoms with Crippen molar-refractivity contribution in [2.75, 3.05) is 18.1 Å². The molecule has 2 rings (SSSR count). The third-order valence-electron chi connectivity index (χ3n) is 4.06. The molecule has 3 atom stereocenters. The summed E-state index contributed by atoms with van der Waals surface area (Å²) in [6.07, 6.45) is 6.24. The van der Waals surface area contributed by atoms with Crippen molar-refractivity contribution in [3.05, 3.63) is 0 Å². The van der Waals surface area contributed by atoms with Crippen LogP contribution in [0.5, 0.6) is 0 Å². The molecule has 2 saturated heterocycles. The lowest BCUT2D eigenvalue weighted by molar-refractivity contribution is 0.0375. The van der Waals surface area contributed by atoms with Gasteiger partial charge in [-0.1, -0.05) is 13.3 Å². The van der Waals surface area contributed by atoms with Crippen molar-refractivity contribution in [1.82, 2.24) is 4.90 Å². The lowest BCUT2D eigenvalue weighted by Gasteiger charge is -2.48. The quantitative estimate of drug-likeness (QED) is 0.805. The van der Waals surface area contributed by atoms with E-state index in [9.17, 15) is 4.21 Å². The molecule has 2 heterocycles. The van der Waals surface area contributed by atoms with Crippen LogP contribution in [0.25, 0.3) is 0 Å². The van der Waals surface area contributed by atoms with Gasteiger partial charge in [0.2, 0.25) is 0 Å². The maximum atomic E-state index is 11.5. The summed E-state index contributed by atoms with van der Waals surface area (Å²) in [6, 6.07) is 1.76. The lowest BCUT2D eigenvalue weighted by Crippen LogP contribution is -2.56. The van der Waals surface area contributed by atoms with Gasteiger partial charge in [-0.05, 0) is 25.7 Å². The Labute approximate surface area is 101 Å². The molecule has 3 unspecified atom stereocenters. The van der Waals surface area contributed by atoms with Gasteiger partial charge in [0.15, 0.2) is 0 Å². The highest BCUT2D eigenvalue weighted by atomic mass is 32.2. The second-order valence-electron chi connectivity index (χ2n) is 5.14. The second kappa shape index (κ2) is 5.61. The minimum Gasteiger partial charge on any atom is -0.328 e. The van der Waals surface area contributed by atoms with Crippen LogP contribution >= 0.6 is 0 Å². The summed E-state index contributed by atoms with van der Waals surface area (Å²) in [5.74, 6) is 1.64. The van der Waals surface area contributed by atoms with Crippen LogP contribution in [0.4, 0.5) is 0 Å². The van der Waals surface area contributed by atoms with E-state index in [1.807, 2.05) is 6.92 Å². The predicted molar refractivity (Wildman–Crippen MR) is 68.9 cm³/mol. The van der Waals surface area contributed by atoms with E-state index in [2.05, 4.69) is 4.90 Å². The summed E-state index contributed by atoms with van der Waals surface area (Å²) < 4.78 is 11.5. The topological polar surface area (TPSA) is 46.3 Å². The van der Waals surface area contributed by atoms with E-state index in [-0.39, 0.29) is 0 Å². The molecule has 0 radical (unpaired) electrons.